The first-order valence-corrected chi connectivity index (χ1v) is 8.15. The number of carbonyl (C=O) groups is 2. The topological polar surface area (TPSA) is 58.2 Å². The summed E-state index contributed by atoms with van der Waals surface area (Å²) in [7, 11) is 0. The summed E-state index contributed by atoms with van der Waals surface area (Å²) in [5.41, 5.74) is 1.13. The minimum atomic E-state index is -0.200. The van der Waals surface area contributed by atoms with Crippen molar-refractivity contribution in [2.45, 2.75) is 20.3 Å². The van der Waals surface area contributed by atoms with Gasteiger partial charge < -0.3 is 10.6 Å². The van der Waals surface area contributed by atoms with E-state index in [9.17, 15) is 9.59 Å². The predicted molar refractivity (Wildman–Crippen MR) is 91.8 cm³/mol. The van der Waals surface area contributed by atoms with Crippen LogP contribution in [0.25, 0.3) is 0 Å². The Hall–Kier alpha value is -1.85. The predicted octanol–water partition coefficient (Wildman–Crippen LogP) is 4.64. The second kappa shape index (κ2) is 7.42. The number of carbonyl (C=O) groups excluding carboxylic acids is 2. The summed E-state index contributed by atoms with van der Waals surface area (Å²) in [6.45, 7) is 3.96. The van der Waals surface area contributed by atoms with Crippen molar-refractivity contribution in [3.63, 3.8) is 0 Å². The van der Waals surface area contributed by atoms with Crippen molar-refractivity contribution in [2.24, 2.45) is 5.92 Å². The van der Waals surface area contributed by atoms with Crippen LogP contribution in [0, 0.1) is 5.92 Å². The minimum Gasteiger partial charge on any atom is -0.326 e. The van der Waals surface area contributed by atoms with Gasteiger partial charge in [-0.05, 0) is 35.6 Å². The Balaban J connectivity index is 2.03. The van der Waals surface area contributed by atoms with Crippen molar-refractivity contribution in [2.75, 3.05) is 10.6 Å². The van der Waals surface area contributed by atoms with Crippen LogP contribution in [0.15, 0.2) is 35.7 Å². The fraction of sp³-hybridized carbons (Fsp3) is 0.250. The van der Waals surface area contributed by atoms with E-state index in [0.717, 1.165) is 0 Å². The maximum absolute atomic E-state index is 12.0. The van der Waals surface area contributed by atoms with E-state index < -0.39 is 0 Å². The lowest BCUT2D eigenvalue weighted by atomic mass is 10.1. The van der Waals surface area contributed by atoms with E-state index in [1.165, 1.54) is 11.3 Å². The number of anilines is 2. The van der Waals surface area contributed by atoms with E-state index in [0.29, 0.717) is 33.6 Å². The lowest BCUT2D eigenvalue weighted by molar-refractivity contribution is -0.116. The zero-order valence-electron chi connectivity index (χ0n) is 12.4. The molecule has 0 atom stereocenters. The zero-order chi connectivity index (χ0) is 16.1. The van der Waals surface area contributed by atoms with E-state index in [-0.39, 0.29) is 11.8 Å². The normalized spacial score (nSPS) is 10.5. The van der Waals surface area contributed by atoms with Gasteiger partial charge in [-0.25, -0.2) is 0 Å². The second-order valence-corrected chi connectivity index (χ2v) is 6.63. The molecular weight excluding hydrogens is 320 g/mol. The first-order valence-electron chi connectivity index (χ1n) is 6.90. The summed E-state index contributed by atoms with van der Waals surface area (Å²) < 4.78 is 0. The van der Waals surface area contributed by atoms with Crippen molar-refractivity contribution < 1.29 is 9.59 Å². The van der Waals surface area contributed by atoms with Gasteiger partial charge in [-0.15, -0.1) is 11.3 Å². The van der Waals surface area contributed by atoms with Gasteiger partial charge in [0.25, 0.3) is 5.91 Å². The van der Waals surface area contributed by atoms with Crippen molar-refractivity contribution in [1.29, 1.82) is 0 Å². The molecule has 0 aliphatic carbocycles. The highest BCUT2D eigenvalue weighted by Crippen LogP contribution is 2.26. The van der Waals surface area contributed by atoms with Gasteiger partial charge in [-0.2, -0.15) is 0 Å². The molecule has 2 N–H and O–H groups in total. The fourth-order valence-corrected chi connectivity index (χ4v) is 2.72. The van der Waals surface area contributed by atoms with Crippen molar-refractivity contribution in [3.8, 4) is 0 Å². The molecule has 4 nitrogen and oxygen atoms in total. The number of benzene rings is 1. The number of hydrogen-bond acceptors (Lipinski definition) is 3. The Bertz CT molecular complexity index is 669. The van der Waals surface area contributed by atoms with Crippen LogP contribution >= 0.6 is 22.9 Å². The highest BCUT2D eigenvalue weighted by Gasteiger charge is 2.11. The Morgan fingerprint density at radius 2 is 2.00 bits per heavy atom. The number of halogens is 1. The van der Waals surface area contributed by atoms with Crippen LogP contribution in [0.2, 0.25) is 5.02 Å². The number of nitrogens with one attached hydrogen (secondary N) is 2. The van der Waals surface area contributed by atoms with Crippen LogP contribution in [-0.2, 0) is 4.79 Å². The molecule has 0 saturated carbocycles. The molecule has 6 heteroatoms. The van der Waals surface area contributed by atoms with Crippen molar-refractivity contribution in [1.82, 2.24) is 0 Å². The van der Waals surface area contributed by atoms with Crippen LogP contribution in [0.4, 0.5) is 11.4 Å². The molecule has 2 rings (SSSR count). The molecule has 1 aromatic carbocycles. The molecule has 0 spiro atoms. The van der Waals surface area contributed by atoms with E-state index >= 15 is 0 Å². The van der Waals surface area contributed by atoms with Crippen LogP contribution in [0.3, 0.4) is 0 Å². The van der Waals surface area contributed by atoms with Crippen LogP contribution in [-0.4, -0.2) is 11.8 Å². The SMILES string of the molecule is CC(C)CC(=O)Nc1ccc(NC(=O)c2cccs2)c(Cl)c1. The number of thiophene rings is 1. The van der Waals surface area contributed by atoms with Crippen molar-refractivity contribution in [3.05, 3.63) is 45.6 Å². The molecule has 0 fully saturated rings. The van der Waals surface area contributed by atoms with Gasteiger partial charge in [0, 0.05) is 12.1 Å². The van der Waals surface area contributed by atoms with E-state index in [1.54, 1.807) is 24.3 Å². The quantitative estimate of drug-likeness (QED) is 0.835. The third kappa shape index (κ3) is 4.58. The smallest absolute Gasteiger partial charge is 0.265 e. The first-order chi connectivity index (χ1) is 10.5. The number of rotatable bonds is 5. The maximum atomic E-state index is 12.0. The van der Waals surface area contributed by atoms with Gasteiger partial charge in [0.05, 0.1) is 15.6 Å². The highest BCUT2D eigenvalue weighted by atomic mass is 35.5. The largest absolute Gasteiger partial charge is 0.326 e. The average molecular weight is 337 g/mol. The number of amides is 2. The standard InChI is InChI=1S/C16H17ClN2O2S/c1-10(2)8-15(20)18-11-5-6-13(12(17)9-11)19-16(21)14-4-3-7-22-14/h3-7,9-10H,8H2,1-2H3,(H,18,20)(H,19,21). The van der Waals surface area contributed by atoms with E-state index in [1.807, 2.05) is 25.3 Å². The van der Waals surface area contributed by atoms with Crippen LogP contribution < -0.4 is 10.6 Å². The summed E-state index contributed by atoms with van der Waals surface area (Å²) in [5.74, 6) is 0.0368. The maximum Gasteiger partial charge on any atom is 0.265 e. The molecule has 0 unspecified atom stereocenters. The fourth-order valence-electron chi connectivity index (χ4n) is 1.87. The van der Waals surface area contributed by atoms with E-state index in [4.69, 9.17) is 11.6 Å². The van der Waals surface area contributed by atoms with Crippen molar-refractivity contribution >= 4 is 46.1 Å². The molecule has 0 saturated heterocycles. The van der Waals surface area contributed by atoms with Gasteiger partial charge in [0.2, 0.25) is 5.91 Å². The van der Waals surface area contributed by atoms with E-state index in [2.05, 4.69) is 10.6 Å². The van der Waals surface area contributed by atoms with Gasteiger partial charge in [0.1, 0.15) is 0 Å². The first kappa shape index (κ1) is 16.5. The Labute approximate surface area is 138 Å². The summed E-state index contributed by atoms with van der Waals surface area (Å²) in [6, 6.07) is 8.58. The lowest BCUT2D eigenvalue weighted by Gasteiger charge is -2.10. The molecule has 22 heavy (non-hydrogen) atoms. The number of hydrogen-bond donors (Lipinski definition) is 2. The molecule has 0 aliphatic rings. The average Bonchev–Trinajstić information content (AvgIpc) is 2.94. The van der Waals surface area contributed by atoms with Gasteiger partial charge in [-0.3, -0.25) is 9.59 Å². The Morgan fingerprint density at radius 1 is 1.23 bits per heavy atom. The Morgan fingerprint density at radius 3 is 2.59 bits per heavy atom. The molecule has 2 amide bonds. The monoisotopic (exact) mass is 336 g/mol. The molecule has 0 bridgehead atoms. The molecular formula is C16H17ClN2O2S. The summed E-state index contributed by atoms with van der Waals surface area (Å²) in [5, 5.41) is 7.76. The van der Waals surface area contributed by atoms with Crippen LogP contribution in [0.1, 0.15) is 29.9 Å². The third-order valence-electron chi connectivity index (χ3n) is 2.84. The molecule has 1 heterocycles. The molecule has 2 aromatic rings. The highest BCUT2D eigenvalue weighted by molar-refractivity contribution is 7.12. The van der Waals surface area contributed by atoms with Gasteiger partial charge in [-0.1, -0.05) is 31.5 Å². The Kier molecular flexibility index (Phi) is 5.57. The molecule has 1 aromatic heterocycles. The molecule has 0 aliphatic heterocycles. The lowest BCUT2D eigenvalue weighted by Crippen LogP contribution is -2.14. The van der Waals surface area contributed by atoms with Gasteiger partial charge in [0.15, 0.2) is 0 Å². The summed E-state index contributed by atoms with van der Waals surface area (Å²) in [6.07, 6.45) is 0.453. The minimum absolute atomic E-state index is 0.0542. The second-order valence-electron chi connectivity index (χ2n) is 5.27. The third-order valence-corrected chi connectivity index (χ3v) is 4.02. The van der Waals surface area contributed by atoms with Crippen LogP contribution in [0.5, 0.6) is 0 Å². The van der Waals surface area contributed by atoms with Gasteiger partial charge >= 0.3 is 0 Å². The zero-order valence-corrected chi connectivity index (χ0v) is 13.9. The summed E-state index contributed by atoms with van der Waals surface area (Å²) >= 11 is 7.52. The molecule has 0 radical (unpaired) electrons. The molecule has 116 valence electrons. The summed E-state index contributed by atoms with van der Waals surface area (Å²) in [4.78, 5) is 24.3.